The van der Waals surface area contributed by atoms with Crippen molar-refractivity contribution in [1.29, 1.82) is 5.26 Å². The first-order valence-corrected chi connectivity index (χ1v) is 4.52. The number of aliphatic carboxylic acids is 1. The maximum absolute atomic E-state index is 10.7. The van der Waals surface area contributed by atoms with Crippen LogP contribution in [0.1, 0.15) is 19.2 Å². The fourth-order valence-corrected chi connectivity index (χ4v) is 1.16. The standard InChI is InChI=1S/C10H11N3O2/c1-2-8(10(14)15)3-5-13-6-4-12-9(13)7-11/h3-4,6H,2,5H2,1H3,(H,14,15). The monoisotopic (exact) mass is 205 g/mol. The Balaban J connectivity index is 2.80. The topological polar surface area (TPSA) is 78.9 Å². The van der Waals surface area contributed by atoms with E-state index in [1.807, 2.05) is 6.07 Å². The Labute approximate surface area is 87.3 Å². The molecule has 0 spiro atoms. The third-order valence-corrected chi connectivity index (χ3v) is 2.01. The van der Waals surface area contributed by atoms with E-state index in [1.54, 1.807) is 23.8 Å². The van der Waals surface area contributed by atoms with E-state index in [2.05, 4.69) is 4.98 Å². The number of allylic oxidation sites excluding steroid dienone is 1. The largest absolute Gasteiger partial charge is 0.478 e. The zero-order chi connectivity index (χ0) is 11.3. The van der Waals surface area contributed by atoms with Gasteiger partial charge >= 0.3 is 5.97 Å². The van der Waals surface area contributed by atoms with Crippen molar-refractivity contribution < 1.29 is 9.90 Å². The van der Waals surface area contributed by atoms with Crippen LogP contribution >= 0.6 is 0 Å². The highest BCUT2D eigenvalue weighted by molar-refractivity contribution is 5.86. The Morgan fingerprint density at radius 1 is 1.80 bits per heavy atom. The molecule has 0 aromatic carbocycles. The van der Waals surface area contributed by atoms with Crippen molar-refractivity contribution in [2.45, 2.75) is 19.9 Å². The Bertz CT molecular complexity index is 426. The van der Waals surface area contributed by atoms with Gasteiger partial charge in [-0.15, -0.1) is 0 Å². The molecule has 0 bridgehead atoms. The third-order valence-electron chi connectivity index (χ3n) is 2.01. The van der Waals surface area contributed by atoms with E-state index in [0.29, 0.717) is 18.5 Å². The van der Waals surface area contributed by atoms with Gasteiger partial charge in [0.25, 0.3) is 0 Å². The number of aromatic nitrogens is 2. The van der Waals surface area contributed by atoms with Crippen molar-refractivity contribution in [2.24, 2.45) is 0 Å². The number of hydrogen-bond acceptors (Lipinski definition) is 3. The van der Waals surface area contributed by atoms with Gasteiger partial charge in [-0.25, -0.2) is 9.78 Å². The number of imidazole rings is 1. The van der Waals surface area contributed by atoms with Crippen molar-refractivity contribution in [3.05, 3.63) is 29.9 Å². The van der Waals surface area contributed by atoms with Crippen LogP contribution in [-0.4, -0.2) is 20.6 Å². The second kappa shape index (κ2) is 4.96. The van der Waals surface area contributed by atoms with Gasteiger partial charge in [0.15, 0.2) is 0 Å². The molecule has 0 aliphatic heterocycles. The van der Waals surface area contributed by atoms with E-state index in [1.165, 1.54) is 6.20 Å². The number of nitriles is 1. The van der Waals surface area contributed by atoms with Gasteiger partial charge in [0.05, 0.1) is 0 Å². The van der Waals surface area contributed by atoms with Gasteiger partial charge in [-0.2, -0.15) is 5.26 Å². The lowest BCUT2D eigenvalue weighted by Gasteiger charge is -2.00. The highest BCUT2D eigenvalue weighted by atomic mass is 16.4. The predicted octanol–water partition coefficient (Wildman–Crippen LogP) is 1.18. The lowest BCUT2D eigenvalue weighted by Crippen LogP contribution is -2.03. The molecule has 1 N–H and O–H groups in total. The summed E-state index contributed by atoms with van der Waals surface area (Å²) in [5.41, 5.74) is 0.340. The SMILES string of the molecule is CCC(=CCn1ccnc1C#N)C(=O)O. The predicted molar refractivity (Wildman–Crippen MR) is 53.0 cm³/mol. The summed E-state index contributed by atoms with van der Waals surface area (Å²) in [5, 5.41) is 17.4. The quantitative estimate of drug-likeness (QED) is 0.748. The van der Waals surface area contributed by atoms with Crippen LogP contribution in [0.5, 0.6) is 0 Å². The average molecular weight is 205 g/mol. The van der Waals surface area contributed by atoms with Gasteiger partial charge in [0, 0.05) is 24.5 Å². The minimum absolute atomic E-state index is 0.284. The molecule has 0 aliphatic carbocycles. The van der Waals surface area contributed by atoms with Gasteiger partial charge in [0.1, 0.15) is 6.07 Å². The molecule has 0 fully saturated rings. The van der Waals surface area contributed by atoms with Crippen LogP contribution in [0.2, 0.25) is 0 Å². The van der Waals surface area contributed by atoms with Crippen molar-refractivity contribution in [3.8, 4) is 6.07 Å². The second-order valence-corrected chi connectivity index (χ2v) is 2.90. The zero-order valence-corrected chi connectivity index (χ0v) is 8.34. The van der Waals surface area contributed by atoms with Crippen LogP contribution in [0.3, 0.4) is 0 Å². The van der Waals surface area contributed by atoms with Gasteiger partial charge < -0.3 is 9.67 Å². The smallest absolute Gasteiger partial charge is 0.331 e. The summed E-state index contributed by atoms with van der Waals surface area (Å²) in [6.07, 6.45) is 5.21. The highest BCUT2D eigenvalue weighted by Crippen LogP contribution is 2.03. The molecule has 1 aromatic heterocycles. The Kier molecular flexibility index (Phi) is 3.63. The maximum Gasteiger partial charge on any atom is 0.331 e. The van der Waals surface area contributed by atoms with Gasteiger partial charge in [-0.05, 0) is 6.42 Å². The molecule has 78 valence electrons. The number of rotatable bonds is 4. The van der Waals surface area contributed by atoms with E-state index in [-0.39, 0.29) is 5.82 Å². The summed E-state index contributed by atoms with van der Waals surface area (Å²) in [6.45, 7) is 2.14. The molecule has 0 radical (unpaired) electrons. The van der Waals surface area contributed by atoms with Crippen LogP contribution in [0.4, 0.5) is 0 Å². The summed E-state index contributed by atoms with van der Waals surface area (Å²) < 4.78 is 1.60. The molecular formula is C10H11N3O2. The molecule has 0 amide bonds. The normalized spacial score (nSPS) is 11.1. The molecule has 0 atom stereocenters. The van der Waals surface area contributed by atoms with E-state index < -0.39 is 5.97 Å². The Hall–Kier alpha value is -2.09. The second-order valence-electron chi connectivity index (χ2n) is 2.90. The summed E-state index contributed by atoms with van der Waals surface area (Å²) in [4.78, 5) is 14.5. The zero-order valence-electron chi connectivity index (χ0n) is 8.34. The maximum atomic E-state index is 10.7. The number of carboxylic acids is 1. The summed E-state index contributed by atoms with van der Waals surface area (Å²) in [7, 11) is 0. The van der Waals surface area contributed by atoms with Crippen LogP contribution in [-0.2, 0) is 11.3 Å². The van der Waals surface area contributed by atoms with E-state index >= 15 is 0 Å². The fraction of sp³-hybridized carbons (Fsp3) is 0.300. The minimum atomic E-state index is -0.920. The molecule has 0 aliphatic rings. The molecule has 0 saturated heterocycles. The van der Waals surface area contributed by atoms with Crippen LogP contribution in [0.15, 0.2) is 24.0 Å². The molecule has 1 rings (SSSR count). The molecule has 0 unspecified atom stereocenters. The molecular weight excluding hydrogens is 194 g/mol. The number of carbonyl (C=O) groups is 1. The van der Waals surface area contributed by atoms with Crippen LogP contribution in [0.25, 0.3) is 0 Å². The van der Waals surface area contributed by atoms with Crippen molar-refractivity contribution in [3.63, 3.8) is 0 Å². The van der Waals surface area contributed by atoms with Crippen molar-refractivity contribution >= 4 is 5.97 Å². The van der Waals surface area contributed by atoms with E-state index in [4.69, 9.17) is 10.4 Å². The average Bonchev–Trinajstić information content (AvgIpc) is 2.65. The molecule has 5 nitrogen and oxygen atoms in total. The third kappa shape index (κ3) is 2.68. The molecule has 0 saturated carbocycles. The number of nitrogens with zero attached hydrogens (tertiary/aromatic N) is 3. The van der Waals surface area contributed by atoms with Gasteiger partial charge in [-0.3, -0.25) is 0 Å². The Morgan fingerprint density at radius 3 is 3.07 bits per heavy atom. The highest BCUT2D eigenvalue weighted by Gasteiger charge is 2.04. The van der Waals surface area contributed by atoms with Crippen LogP contribution < -0.4 is 0 Å². The lowest BCUT2D eigenvalue weighted by atomic mass is 10.2. The lowest BCUT2D eigenvalue weighted by molar-refractivity contribution is -0.132. The molecule has 1 aromatic rings. The van der Waals surface area contributed by atoms with E-state index in [0.717, 1.165) is 0 Å². The number of carboxylic acid groups (broad SMARTS) is 1. The Morgan fingerprint density at radius 2 is 2.53 bits per heavy atom. The summed E-state index contributed by atoms with van der Waals surface area (Å²) in [6, 6.07) is 1.92. The first-order valence-electron chi connectivity index (χ1n) is 4.52. The first-order chi connectivity index (χ1) is 7.19. The fourth-order valence-electron chi connectivity index (χ4n) is 1.16. The van der Waals surface area contributed by atoms with Crippen LogP contribution in [0, 0.1) is 11.3 Å². The summed E-state index contributed by atoms with van der Waals surface area (Å²) >= 11 is 0. The minimum Gasteiger partial charge on any atom is -0.478 e. The molecule has 5 heteroatoms. The summed E-state index contributed by atoms with van der Waals surface area (Å²) in [5.74, 6) is -0.636. The number of hydrogen-bond donors (Lipinski definition) is 1. The molecule has 1 heterocycles. The van der Waals surface area contributed by atoms with Crippen molar-refractivity contribution in [2.75, 3.05) is 0 Å². The first kappa shape index (κ1) is 11.0. The van der Waals surface area contributed by atoms with Crippen molar-refractivity contribution in [1.82, 2.24) is 9.55 Å². The van der Waals surface area contributed by atoms with Gasteiger partial charge in [0.2, 0.25) is 5.82 Å². The van der Waals surface area contributed by atoms with E-state index in [9.17, 15) is 4.79 Å². The molecule has 15 heavy (non-hydrogen) atoms. The van der Waals surface area contributed by atoms with Gasteiger partial charge in [-0.1, -0.05) is 13.0 Å².